The maximum Gasteiger partial charge on any atom is 0.121 e. The summed E-state index contributed by atoms with van der Waals surface area (Å²) in [6.45, 7) is 4.10. The Labute approximate surface area is 114 Å². The highest BCUT2D eigenvalue weighted by atomic mass is 16.5. The van der Waals surface area contributed by atoms with Gasteiger partial charge in [-0.05, 0) is 47.7 Å². The molecule has 1 atom stereocenters. The molecule has 0 heterocycles. The molecule has 2 rings (SSSR count). The summed E-state index contributed by atoms with van der Waals surface area (Å²) in [5.41, 5.74) is 4.10. The molecule has 0 fully saturated rings. The van der Waals surface area contributed by atoms with E-state index in [1.165, 1.54) is 5.56 Å². The van der Waals surface area contributed by atoms with Crippen molar-refractivity contribution in [3.05, 3.63) is 64.7 Å². The van der Waals surface area contributed by atoms with Crippen molar-refractivity contribution in [1.29, 1.82) is 0 Å². The first kappa shape index (κ1) is 13.6. The van der Waals surface area contributed by atoms with Crippen LogP contribution in [0.2, 0.25) is 0 Å². The first-order valence-corrected chi connectivity index (χ1v) is 6.57. The first-order valence-electron chi connectivity index (χ1n) is 6.57. The minimum absolute atomic E-state index is 0.587. The van der Waals surface area contributed by atoms with Gasteiger partial charge < -0.3 is 9.84 Å². The second kappa shape index (κ2) is 5.89. The van der Waals surface area contributed by atoms with Crippen molar-refractivity contribution in [2.24, 2.45) is 0 Å². The van der Waals surface area contributed by atoms with Crippen molar-refractivity contribution in [1.82, 2.24) is 0 Å². The van der Waals surface area contributed by atoms with Crippen LogP contribution in [0.15, 0.2) is 42.5 Å². The molecule has 19 heavy (non-hydrogen) atoms. The average molecular weight is 256 g/mol. The van der Waals surface area contributed by atoms with E-state index < -0.39 is 6.10 Å². The molecule has 0 bridgehead atoms. The second-order valence-corrected chi connectivity index (χ2v) is 4.73. The molecule has 0 spiro atoms. The fourth-order valence-electron chi connectivity index (χ4n) is 2.25. The topological polar surface area (TPSA) is 29.5 Å². The van der Waals surface area contributed by atoms with Gasteiger partial charge in [0.25, 0.3) is 0 Å². The van der Waals surface area contributed by atoms with E-state index >= 15 is 0 Å². The number of aliphatic hydroxyl groups is 1. The van der Waals surface area contributed by atoms with Crippen LogP contribution < -0.4 is 4.74 Å². The van der Waals surface area contributed by atoms with Crippen LogP contribution >= 0.6 is 0 Å². The molecule has 2 nitrogen and oxygen atoms in total. The maximum atomic E-state index is 10.5. The van der Waals surface area contributed by atoms with Crippen molar-refractivity contribution in [3.63, 3.8) is 0 Å². The zero-order valence-electron chi connectivity index (χ0n) is 11.7. The number of benzene rings is 2. The van der Waals surface area contributed by atoms with E-state index in [2.05, 4.69) is 19.1 Å². The van der Waals surface area contributed by atoms with Crippen LogP contribution in [0.1, 0.15) is 35.3 Å². The van der Waals surface area contributed by atoms with Gasteiger partial charge in [0.1, 0.15) is 11.9 Å². The Morgan fingerprint density at radius 2 is 1.84 bits per heavy atom. The monoisotopic (exact) mass is 256 g/mol. The number of ether oxygens (including phenoxy) is 1. The fourth-order valence-corrected chi connectivity index (χ4v) is 2.25. The zero-order valence-corrected chi connectivity index (χ0v) is 11.7. The van der Waals surface area contributed by atoms with Gasteiger partial charge in [-0.15, -0.1) is 0 Å². The number of methoxy groups -OCH3 is 1. The van der Waals surface area contributed by atoms with Crippen LogP contribution in [-0.2, 0) is 6.42 Å². The summed E-state index contributed by atoms with van der Waals surface area (Å²) in [6.07, 6.45) is 0.387. The molecule has 2 aromatic carbocycles. The first-order chi connectivity index (χ1) is 9.15. The van der Waals surface area contributed by atoms with Gasteiger partial charge in [-0.2, -0.15) is 0 Å². The lowest BCUT2D eigenvalue weighted by atomic mass is 9.97. The van der Waals surface area contributed by atoms with E-state index in [4.69, 9.17) is 4.74 Å². The molecule has 0 aromatic heterocycles. The van der Waals surface area contributed by atoms with Crippen molar-refractivity contribution in [2.45, 2.75) is 26.4 Å². The Hall–Kier alpha value is -1.80. The Kier molecular flexibility index (Phi) is 4.23. The van der Waals surface area contributed by atoms with E-state index in [1.807, 2.05) is 37.3 Å². The summed E-state index contributed by atoms with van der Waals surface area (Å²) in [5, 5.41) is 10.5. The van der Waals surface area contributed by atoms with E-state index in [0.717, 1.165) is 28.9 Å². The van der Waals surface area contributed by atoms with Gasteiger partial charge in [0.2, 0.25) is 0 Å². The van der Waals surface area contributed by atoms with Crippen LogP contribution in [0.25, 0.3) is 0 Å². The number of aliphatic hydroxyl groups excluding tert-OH is 1. The van der Waals surface area contributed by atoms with E-state index in [1.54, 1.807) is 7.11 Å². The quantitative estimate of drug-likeness (QED) is 0.904. The van der Waals surface area contributed by atoms with Gasteiger partial charge in [0, 0.05) is 0 Å². The molecular weight excluding hydrogens is 236 g/mol. The van der Waals surface area contributed by atoms with Crippen LogP contribution in [0.5, 0.6) is 5.75 Å². The smallest absolute Gasteiger partial charge is 0.121 e. The minimum Gasteiger partial charge on any atom is -0.496 e. The fraction of sp³-hybridized carbons (Fsp3) is 0.294. The lowest BCUT2D eigenvalue weighted by Crippen LogP contribution is -2.01. The third-order valence-electron chi connectivity index (χ3n) is 3.41. The lowest BCUT2D eigenvalue weighted by molar-refractivity contribution is 0.220. The van der Waals surface area contributed by atoms with Crippen molar-refractivity contribution in [3.8, 4) is 5.75 Å². The molecule has 0 aliphatic rings. The molecule has 100 valence electrons. The molecule has 1 unspecified atom stereocenters. The Morgan fingerprint density at radius 3 is 2.47 bits per heavy atom. The lowest BCUT2D eigenvalue weighted by Gasteiger charge is -2.14. The van der Waals surface area contributed by atoms with Crippen LogP contribution in [0.4, 0.5) is 0 Å². The van der Waals surface area contributed by atoms with E-state index in [-0.39, 0.29) is 0 Å². The molecular formula is C17H20O2. The number of aryl methyl sites for hydroxylation is 2. The number of hydrogen-bond acceptors (Lipinski definition) is 2. The van der Waals surface area contributed by atoms with Crippen LogP contribution in [0, 0.1) is 6.92 Å². The average Bonchev–Trinajstić information content (AvgIpc) is 2.46. The summed E-state index contributed by atoms with van der Waals surface area (Å²) in [7, 11) is 1.66. The van der Waals surface area contributed by atoms with Gasteiger partial charge in [0.05, 0.1) is 7.11 Å². The van der Waals surface area contributed by atoms with Crippen LogP contribution in [0.3, 0.4) is 0 Å². The van der Waals surface area contributed by atoms with Crippen LogP contribution in [-0.4, -0.2) is 12.2 Å². The highest BCUT2D eigenvalue weighted by molar-refractivity contribution is 5.40. The van der Waals surface area contributed by atoms with E-state index in [0.29, 0.717) is 0 Å². The maximum absolute atomic E-state index is 10.5. The summed E-state index contributed by atoms with van der Waals surface area (Å²) in [4.78, 5) is 0. The van der Waals surface area contributed by atoms with Gasteiger partial charge in [-0.25, -0.2) is 0 Å². The van der Waals surface area contributed by atoms with Gasteiger partial charge in [-0.1, -0.05) is 37.3 Å². The number of rotatable bonds is 4. The highest BCUT2D eigenvalue weighted by Crippen LogP contribution is 2.27. The Bertz CT molecular complexity index is 561. The van der Waals surface area contributed by atoms with E-state index in [9.17, 15) is 5.11 Å². The summed E-state index contributed by atoms with van der Waals surface area (Å²) in [6, 6.07) is 13.9. The zero-order chi connectivity index (χ0) is 13.8. The van der Waals surface area contributed by atoms with Crippen molar-refractivity contribution >= 4 is 0 Å². The molecule has 0 saturated carbocycles. The van der Waals surface area contributed by atoms with Crippen molar-refractivity contribution in [2.75, 3.05) is 7.11 Å². The summed E-state index contributed by atoms with van der Waals surface area (Å²) >= 11 is 0. The molecule has 0 saturated heterocycles. The third-order valence-corrected chi connectivity index (χ3v) is 3.41. The largest absolute Gasteiger partial charge is 0.496 e. The molecule has 0 aliphatic carbocycles. The third kappa shape index (κ3) is 2.96. The Morgan fingerprint density at radius 1 is 1.11 bits per heavy atom. The molecule has 0 radical (unpaired) electrons. The molecule has 0 amide bonds. The Balaban J connectivity index is 2.32. The van der Waals surface area contributed by atoms with Gasteiger partial charge >= 0.3 is 0 Å². The molecule has 2 heteroatoms. The molecule has 1 N–H and O–H groups in total. The van der Waals surface area contributed by atoms with Crippen molar-refractivity contribution < 1.29 is 9.84 Å². The summed E-state index contributed by atoms with van der Waals surface area (Å²) in [5.74, 6) is 0.846. The SMILES string of the molecule is CCc1cccc(C(O)c2ccc(OC)c(C)c2)c1. The van der Waals surface area contributed by atoms with Gasteiger partial charge in [0.15, 0.2) is 0 Å². The number of hydrogen-bond donors (Lipinski definition) is 1. The highest BCUT2D eigenvalue weighted by Gasteiger charge is 2.12. The normalized spacial score (nSPS) is 12.2. The van der Waals surface area contributed by atoms with Gasteiger partial charge in [-0.3, -0.25) is 0 Å². The predicted molar refractivity (Wildman–Crippen MR) is 77.6 cm³/mol. The minimum atomic E-state index is -0.587. The molecule has 2 aromatic rings. The molecule has 0 aliphatic heterocycles. The second-order valence-electron chi connectivity index (χ2n) is 4.73. The predicted octanol–water partition coefficient (Wildman–Crippen LogP) is 3.65. The summed E-state index contributed by atoms with van der Waals surface area (Å²) < 4.78 is 5.24. The standard InChI is InChI=1S/C17H20O2/c1-4-13-6-5-7-14(11-13)17(18)15-8-9-16(19-3)12(2)10-15/h5-11,17-18H,4H2,1-3H3.